The van der Waals surface area contributed by atoms with E-state index in [-0.39, 0.29) is 0 Å². The number of likely N-dealkylation sites (N-methyl/N-ethyl adjacent to an activating group) is 1. The Morgan fingerprint density at radius 2 is 1.70 bits per heavy atom. The Bertz CT molecular complexity index is 755. The van der Waals surface area contributed by atoms with Crippen LogP contribution in [-0.4, -0.2) is 52.7 Å². The summed E-state index contributed by atoms with van der Waals surface area (Å²) in [6.07, 6.45) is 0. The summed E-state index contributed by atoms with van der Waals surface area (Å²) in [6.45, 7) is 4.14. The van der Waals surface area contributed by atoms with Crippen molar-refractivity contribution in [3.8, 4) is 0 Å². The Labute approximate surface area is 117 Å². The number of piperazine rings is 1. The maximum Gasteiger partial charge on any atom is 0.232 e. The molecule has 0 aliphatic carbocycles. The molecule has 0 radical (unpaired) electrons. The van der Waals surface area contributed by atoms with Crippen LogP contribution in [0.15, 0.2) is 36.4 Å². The van der Waals surface area contributed by atoms with E-state index in [1.54, 1.807) is 0 Å². The van der Waals surface area contributed by atoms with E-state index >= 15 is 0 Å². The normalized spacial score (nSPS) is 17.1. The molecule has 1 saturated heterocycles. The molecule has 0 N–H and O–H groups in total. The molecule has 0 amide bonds. The van der Waals surface area contributed by atoms with Gasteiger partial charge in [0.05, 0.1) is 5.52 Å². The molecule has 0 unspecified atom stereocenters. The highest BCUT2D eigenvalue weighted by molar-refractivity contribution is 5.83. The second-order valence-electron chi connectivity index (χ2n) is 5.38. The van der Waals surface area contributed by atoms with E-state index in [2.05, 4.69) is 61.8 Å². The fourth-order valence-electron chi connectivity index (χ4n) is 2.83. The second-order valence-corrected chi connectivity index (χ2v) is 5.38. The van der Waals surface area contributed by atoms with Crippen LogP contribution < -0.4 is 4.90 Å². The molecule has 0 saturated carbocycles. The molecule has 3 aromatic rings. The zero-order valence-electron chi connectivity index (χ0n) is 11.5. The van der Waals surface area contributed by atoms with Gasteiger partial charge in [0.2, 0.25) is 5.95 Å². The Morgan fingerprint density at radius 1 is 0.900 bits per heavy atom. The molecule has 0 spiro atoms. The Hall–Kier alpha value is -2.14. The summed E-state index contributed by atoms with van der Waals surface area (Å²) in [5.41, 5.74) is 2.08. The van der Waals surface area contributed by atoms with Crippen LogP contribution in [-0.2, 0) is 0 Å². The first-order valence-electron chi connectivity index (χ1n) is 6.99. The molecule has 3 heterocycles. The quantitative estimate of drug-likeness (QED) is 0.671. The van der Waals surface area contributed by atoms with Crippen molar-refractivity contribution in [2.24, 2.45) is 0 Å². The zero-order chi connectivity index (χ0) is 13.5. The van der Waals surface area contributed by atoms with Crippen LogP contribution in [0.25, 0.3) is 16.6 Å². The van der Waals surface area contributed by atoms with Crippen LogP contribution >= 0.6 is 0 Å². The van der Waals surface area contributed by atoms with E-state index in [1.165, 1.54) is 10.9 Å². The molecular weight excluding hydrogens is 250 g/mol. The first-order valence-corrected chi connectivity index (χ1v) is 6.99. The number of nitrogens with zero attached hydrogens (tertiary/aromatic N) is 5. The Balaban J connectivity index is 1.89. The van der Waals surface area contributed by atoms with Crippen LogP contribution in [0.2, 0.25) is 0 Å². The second kappa shape index (κ2) is 4.45. The summed E-state index contributed by atoms with van der Waals surface area (Å²) in [5, 5.41) is 9.95. The number of benzene rings is 1. The van der Waals surface area contributed by atoms with Crippen molar-refractivity contribution in [1.82, 2.24) is 19.5 Å². The third-order valence-corrected chi connectivity index (χ3v) is 4.05. The monoisotopic (exact) mass is 267 g/mol. The Kier molecular flexibility index (Phi) is 2.60. The topological polar surface area (TPSA) is 36.7 Å². The first-order chi connectivity index (χ1) is 9.83. The Morgan fingerprint density at radius 3 is 2.55 bits per heavy atom. The maximum atomic E-state index is 4.41. The smallest absolute Gasteiger partial charge is 0.232 e. The van der Waals surface area contributed by atoms with E-state index < -0.39 is 0 Å². The molecule has 5 heteroatoms. The molecule has 1 fully saturated rings. The summed E-state index contributed by atoms with van der Waals surface area (Å²) in [5.74, 6) is 0.963. The van der Waals surface area contributed by atoms with Gasteiger partial charge in [0.15, 0.2) is 5.65 Å². The van der Waals surface area contributed by atoms with Crippen molar-refractivity contribution in [2.45, 2.75) is 0 Å². The number of anilines is 1. The zero-order valence-corrected chi connectivity index (χ0v) is 11.5. The predicted molar refractivity (Wildman–Crippen MR) is 80.2 cm³/mol. The fraction of sp³-hybridized carbons (Fsp3) is 0.333. The lowest BCUT2D eigenvalue weighted by Gasteiger charge is -2.32. The molecule has 4 rings (SSSR count). The van der Waals surface area contributed by atoms with Crippen molar-refractivity contribution in [2.75, 3.05) is 38.1 Å². The highest BCUT2D eigenvalue weighted by atomic mass is 15.4. The van der Waals surface area contributed by atoms with Gasteiger partial charge in [-0.3, -0.25) is 4.40 Å². The standard InChI is InChI=1S/C15H17N5/c1-18-8-10-19(11-9-18)15-17-16-14-7-6-12-4-2-3-5-13(12)20(14)15/h2-7H,8-11H2,1H3. The molecule has 5 nitrogen and oxygen atoms in total. The minimum absolute atomic E-state index is 0.914. The third-order valence-electron chi connectivity index (χ3n) is 4.05. The van der Waals surface area contributed by atoms with Crippen molar-refractivity contribution >= 4 is 22.5 Å². The fourth-order valence-corrected chi connectivity index (χ4v) is 2.83. The SMILES string of the molecule is CN1CCN(c2nnc3ccc4ccccc4n23)CC1. The van der Waals surface area contributed by atoms with Crippen molar-refractivity contribution in [3.63, 3.8) is 0 Å². The van der Waals surface area contributed by atoms with Crippen molar-refractivity contribution < 1.29 is 0 Å². The van der Waals surface area contributed by atoms with Gasteiger partial charge in [-0.2, -0.15) is 0 Å². The van der Waals surface area contributed by atoms with Crippen LogP contribution in [0, 0.1) is 0 Å². The van der Waals surface area contributed by atoms with Gasteiger partial charge >= 0.3 is 0 Å². The van der Waals surface area contributed by atoms with Gasteiger partial charge in [0, 0.05) is 26.2 Å². The van der Waals surface area contributed by atoms with E-state index in [9.17, 15) is 0 Å². The summed E-state index contributed by atoms with van der Waals surface area (Å²) in [7, 11) is 2.16. The van der Waals surface area contributed by atoms with Gasteiger partial charge < -0.3 is 9.80 Å². The lowest BCUT2D eigenvalue weighted by atomic mass is 10.2. The number of aromatic nitrogens is 3. The van der Waals surface area contributed by atoms with Crippen molar-refractivity contribution in [3.05, 3.63) is 36.4 Å². The molecule has 2 aromatic heterocycles. The number of pyridine rings is 1. The molecule has 0 atom stereocenters. The highest BCUT2D eigenvalue weighted by Gasteiger charge is 2.19. The average Bonchev–Trinajstić information content (AvgIpc) is 2.92. The molecule has 20 heavy (non-hydrogen) atoms. The van der Waals surface area contributed by atoms with Gasteiger partial charge in [-0.1, -0.05) is 18.2 Å². The average molecular weight is 267 g/mol. The van der Waals surface area contributed by atoms with Crippen molar-refractivity contribution in [1.29, 1.82) is 0 Å². The number of hydrogen-bond donors (Lipinski definition) is 0. The van der Waals surface area contributed by atoms with Gasteiger partial charge in [0.1, 0.15) is 0 Å². The van der Waals surface area contributed by atoms with Gasteiger partial charge in [0.25, 0.3) is 0 Å². The van der Waals surface area contributed by atoms with Gasteiger partial charge in [-0.15, -0.1) is 10.2 Å². The predicted octanol–water partition coefficient (Wildman–Crippen LogP) is 1.63. The lowest BCUT2D eigenvalue weighted by Crippen LogP contribution is -2.45. The van der Waals surface area contributed by atoms with Crippen LogP contribution in [0.1, 0.15) is 0 Å². The minimum atomic E-state index is 0.914. The third kappa shape index (κ3) is 1.74. The van der Waals surface area contributed by atoms with Crippen LogP contribution in [0.3, 0.4) is 0 Å². The molecule has 1 aromatic carbocycles. The largest absolute Gasteiger partial charge is 0.338 e. The number of hydrogen-bond acceptors (Lipinski definition) is 4. The maximum absolute atomic E-state index is 4.41. The number of para-hydroxylation sites is 1. The van der Waals surface area contributed by atoms with Crippen LogP contribution in [0.4, 0.5) is 5.95 Å². The van der Waals surface area contributed by atoms with E-state index in [0.29, 0.717) is 0 Å². The molecule has 1 aliphatic rings. The molecule has 1 aliphatic heterocycles. The highest BCUT2D eigenvalue weighted by Crippen LogP contribution is 2.22. The van der Waals surface area contributed by atoms with E-state index in [4.69, 9.17) is 0 Å². The molecule has 0 bridgehead atoms. The van der Waals surface area contributed by atoms with Crippen LogP contribution in [0.5, 0.6) is 0 Å². The minimum Gasteiger partial charge on any atom is -0.338 e. The summed E-state index contributed by atoms with van der Waals surface area (Å²) >= 11 is 0. The summed E-state index contributed by atoms with van der Waals surface area (Å²) in [6, 6.07) is 12.5. The van der Waals surface area contributed by atoms with E-state index in [1.807, 2.05) is 6.07 Å². The molecular formula is C15H17N5. The van der Waals surface area contributed by atoms with E-state index in [0.717, 1.165) is 37.8 Å². The molecule has 102 valence electrons. The number of rotatable bonds is 1. The lowest BCUT2D eigenvalue weighted by molar-refractivity contribution is 0.311. The summed E-state index contributed by atoms with van der Waals surface area (Å²) < 4.78 is 2.17. The van der Waals surface area contributed by atoms with Gasteiger partial charge in [-0.25, -0.2) is 0 Å². The van der Waals surface area contributed by atoms with Gasteiger partial charge in [-0.05, 0) is 30.6 Å². The first kappa shape index (κ1) is 11.7. The summed E-state index contributed by atoms with van der Waals surface area (Å²) in [4.78, 5) is 4.67. The number of fused-ring (bicyclic) bond motifs is 3.